The van der Waals surface area contributed by atoms with Crippen molar-refractivity contribution in [1.82, 2.24) is 19.7 Å². The Hall–Kier alpha value is -4.75. The third-order valence-electron chi connectivity index (χ3n) is 6.83. The normalized spacial score (nSPS) is 19.7. The third-order valence-corrected chi connectivity index (χ3v) is 8.22. The van der Waals surface area contributed by atoms with E-state index in [0.29, 0.717) is 5.56 Å². The van der Waals surface area contributed by atoms with E-state index in [4.69, 9.17) is 4.74 Å². The van der Waals surface area contributed by atoms with Crippen LogP contribution in [0.3, 0.4) is 0 Å². The molecule has 0 radical (unpaired) electrons. The highest BCUT2D eigenvalue weighted by atomic mass is 32.2. The van der Waals surface area contributed by atoms with Gasteiger partial charge in [0.25, 0.3) is 5.69 Å². The molecule has 1 aliphatic rings. The van der Waals surface area contributed by atoms with Gasteiger partial charge < -0.3 is 30.5 Å². The number of nitrogens with zero attached hydrogens (tertiary/aromatic N) is 4. The van der Waals surface area contributed by atoms with E-state index in [9.17, 15) is 48.5 Å². The molecule has 4 rings (SSSR count). The Morgan fingerprint density at radius 3 is 2.59 bits per heavy atom. The van der Waals surface area contributed by atoms with Gasteiger partial charge in [-0.25, -0.2) is 22.6 Å². The van der Waals surface area contributed by atoms with Gasteiger partial charge in [0, 0.05) is 23.6 Å². The van der Waals surface area contributed by atoms with Crippen LogP contribution in [0, 0.1) is 16.0 Å². The zero-order valence-corrected chi connectivity index (χ0v) is 23.7. The lowest BCUT2D eigenvalue weighted by Gasteiger charge is -2.37. The average Bonchev–Trinajstić information content (AvgIpc) is 3.49. The first-order valence-electron chi connectivity index (χ1n) is 13.0. The molecule has 18 heteroatoms. The van der Waals surface area contributed by atoms with Gasteiger partial charge in [0.2, 0.25) is 21.7 Å². The maximum absolute atomic E-state index is 12.7. The molecule has 2 aromatic carbocycles. The smallest absolute Gasteiger partial charge is 0.370 e. The molecule has 1 amide bonds. The van der Waals surface area contributed by atoms with Crippen LogP contribution in [0.25, 0.3) is 11.3 Å². The largest absolute Gasteiger partial charge is 0.480 e. The van der Waals surface area contributed by atoms with Crippen molar-refractivity contribution >= 4 is 33.3 Å². The van der Waals surface area contributed by atoms with Crippen molar-refractivity contribution < 1.29 is 48.1 Å². The Morgan fingerprint density at radius 1 is 1.18 bits per heavy atom. The molecule has 1 aliphatic heterocycles. The van der Waals surface area contributed by atoms with Crippen LogP contribution < -0.4 is 10.0 Å². The summed E-state index contributed by atoms with van der Waals surface area (Å²) in [6.45, 7) is 0.149. The number of aromatic nitrogens is 3. The minimum Gasteiger partial charge on any atom is -0.480 e. The Morgan fingerprint density at radius 2 is 1.91 bits per heavy atom. The number of sulfonamides is 1. The Balaban J connectivity index is 1.52. The number of carbonyl (C=O) groups is 2. The molecule has 0 bridgehead atoms. The second-order valence-corrected chi connectivity index (χ2v) is 11.5. The molecule has 6 N–H and O–H groups in total. The average molecular weight is 633 g/mol. The molecule has 234 valence electrons. The van der Waals surface area contributed by atoms with Crippen LogP contribution in [0.1, 0.15) is 13.0 Å². The fourth-order valence-corrected chi connectivity index (χ4v) is 5.53. The van der Waals surface area contributed by atoms with Crippen LogP contribution in [0.2, 0.25) is 0 Å². The fraction of sp³-hybridized carbons (Fsp3) is 0.308. The molecule has 0 aliphatic carbocycles. The Labute approximate surface area is 249 Å². The number of anilines is 1. The van der Waals surface area contributed by atoms with E-state index in [-0.39, 0.29) is 16.3 Å². The highest BCUT2D eigenvalue weighted by Crippen LogP contribution is 2.35. The van der Waals surface area contributed by atoms with Crippen molar-refractivity contribution in [3.63, 3.8) is 0 Å². The number of nitro benzene ring substituents is 1. The van der Waals surface area contributed by atoms with Gasteiger partial charge in [0.05, 0.1) is 40.9 Å². The van der Waals surface area contributed by atoms with Gasteiger partial charge in [-0.3, -0.25) is 14.9 Å². The summed E-state index contributed by atoms with van der Waals surface area (Å²) in [7, 11) is -4.25. The van der Waals surface area contributed by atoms with Crippen LogP contribution in [0.4, 0.5) is 11.4 Å². The van der Waals surface area contributed by atoms with Crippen molar-refractivity contribution in [3.8, 4) is 11.3 Å². The molecular formula is C26H28N6O11S. The van der Waals surface area contributed by atoms with E-state index in [1.807, 2.05) is 0 Å². The number of hydrogen-bond donors (Lipinski definition) is 6. The van der Waals surface area contributed by atoms with Gasteiger partial charge in [-0.05, 0) is 18.2 Å². The van der Waals surface area contributed by atoms with Crippen molar-refractivity contribution in [1.29, 1.82) is 0 Å². The number of aliphatic hydroxyl groups is 3. The number of benzene rings is 2. The summed E-state index contributed by atoms with van der Waals surface area (Å²) < 4.78 is 34.0. The lowest BCUT2D eigenvalue weighted by atomic mass is 9.87. The predicted octanol–water partition coefficient (Wildman–Crippen LogP) is 0.0289. The van der Waals surface area contributed by atoms with Gasteiger partial charge in [0.15, 0.2) is 0 Å². The van der Waals surface area contributed by atoms with E-state index in [1.165, 1.54) is 29.1 Å². The number of aliphatic carboxylic acids is 1. The fourth-order valence-electron chi connectivity index (χ4n) is 4.50. The molecule has 44 heavy (non-hydrogen) atoms. The quantitative estimate of drug-likeness (QED) is 0.114. The molecule has 17 nitrogen and oxygen atoms in total. The molecule has 1 aromatic heterocycles. The number of amides is 1. The van der Waals surface area contributed by atoms with Crippen molar-refractivity contribution in [2.75, 3.05) is 18.5 Å². The summed E-state index contributed by atoms with van der Waals surface area (Å²) in [5.41, 5.74) is 0.427. The molecule has 2 heterocycles. The van der Waals surface area contributed by atoms with Gasteiger partial charge in [-0.15, -0.1) is 5.10 Å². The van der Waals surface area contributed by atoms with Crippen LogP contribution in [0.5, 0.6) is 0 Å². The van der Waals surface area contributed by atoms with Crippen molar-refractivity contribution in [3.05, 3.63) is 76.7 Å². The van der Waals surface area contributed by atoms with E-state index in [0.717, 1.165) is 18.2 Å². The van der Waals surface area contributed by atoms with Crippen molar-refractivity contribution in [2.24, 2.45) is 5.92 Å². The lowest BCUT2D eigenvalue weighted by molar-refractivity contribution is -0.385. The number of ether oxygens (including phenoxy) is 1. The molecule has 3 aromatic rings. The highest BCUT2D eigenvalue weighted by Gasteiger charge is 2.41. The monoisotopic (exact) mass is 632 g/mol. The summed E-state index contributed by atoms with van der Waals surface area (Å²) in [6, 6.07) is 9.93. The number of carboxylic acids is 1. The number of para-hydroxylation sites is 1. The maximum atomic E-state index is 12.7. The first-order chi connectivity index (χ1) is 20.8. The zero-order valence-electron chi connectivity index (χ0n) is 22.9. The standard InChI is InChI=1S/C26H28N6O11S/c1-14-20(10-22(26(37)38)43-25(14)24(36)21(34)13-33)31-12-19(29-30-31)17-7-2-3-8-18(17)28-23(35)11-27-44(41,42)16-6-4-5-15(9-16)32(39)40/h2-10,12,14,20-21,24-25,27,33-34,36H,11,13H2,1H3,(H,28,35)(H,37,38)/t14-,20+,21-,24-,25-/m1/s1. The topological polar surface area (TPSA) is 256 Å². The second kappa shape index (κ2) is 13.3. The van der Waals surface area contributed by atoms with Gasteiger partial charge in [0.1, 0.15) is 24.0 Å². The summed E-state index contributed by atoms with van der Waals surface area (Å²) >= 11 is 0. The van der Waals surface area contributed by atoms with Crippen LogP contribution in [-0.4, -0.2) is 92.1 Å². The number of rotatable bonds is 12. The van der Waals surface area contributed by atoms with Crippen LogP contribution >= 0.6 is 0 Å². The summed E-state index contributed by atoms with van der Waals surface area (Å²) in [4.78, 5) is 34.3. The van der Waals surface area contributed by atoms with E-state index in [2.05, 4.69) is 20.4 Å². The minimum atomic E-state index is -4.25. The molecule has 0 unspecified atom stereocenters. The number of allylic oxidation sites excluding steroid dienone is 1. The Bertz CT molecular complexity index is 1690. The van der Waals surface area contributed by atoms with Crippen LogP contribution in [-0.2, 0) is 24.3 Å². The minimum absolute atomic E-state index is 0.236. The summed E-state index contributed by atoms with van der Waals surface area (Å²) in [5.74, 6) is -3.34. The van der Waals surface area contributed by atoms with E-state index >= 15 is 0 Å². The number of aliphatic hydroxyl groups excluding tert-OH is 3. The predicted molar refractivity (Wildman–Crippen MR) is 150 cm³/mol. The van der Waals surface area contributed by atoms with Gasteiger partial charge in [-0.1, -0.05) is 36.4 Å². The van der Waals surface area contributed by atoms with E-state index < -0.39 is 81.7 Å². The second-order valence-electron chi connectivity index (χ2n) is 9.77. The number of non-ortho nitro benzene ring substituents is 1. The van der Waals surface area contributed by atoms with Crippen LogP contribution in [0.15, 0.2) is 71.5 Å². The molecule has 5 atom stereocenters. The number of carbonyl (C=O) groups excluding carboxylic acids is 1. The molecule has 0 spiro atoms. The SMILES string of the molecule is C[C@H]1[C@H]([C@H](O)[C@H](O)CO)OC(C(=O)O)=C[C@@H]1n1cc(-c2ccccc2NC(=O)CNS(=O)(=O)c2cccc([N+](=O)[O-])c2)nn1. The summed E-state index contributed by atoms with van der Waals surface area (Å²) in [5, 5.41) is 60.9. The number of hydrogen-bond acceptors (Lipinski definition) is 12. The number of carboxylic acid groups (broad SMARTS) is 1. The molecule has 0 saturated carbocycles. The molecular weight excluding hydrogens is 604 g/mol. The third kappa shape index (κ3) is 7.06. The van der Waals surface area contributed by atoms with Crippen molar-refractivity contribution in [2.45, 2.75) is 36.2 Å². The highest BCUT2D eigenvalue weighted by molar-refractivity contribution is 7.89. The van der Waals surface area contributed by atoms with E-state index in [1.54, 1.807) is 25.1 Å². The zero-order chi connectivity index (χ0) is 32.2. The number of nitro groups is 1. The lowest BCUT2D eigenvalue weighted by Crippen LogP contribution is -2.48. The first-order valence-corrected chi connectivity index (χ1v) is 14.4. The van der Waals surface area contributed by atoms with Gasteiger partial charge >= 0.3 is 5.97 Å². The first kappa shape index (κ1) is 32.2. The molecule has 0 fully saturated rings. The maximum Gasteiger partial charge on any atom is 0.370 e. The molecule has 0 saturated heterocycles. The van der Waals surface area contributed by atoms with Gasteiger partial charge in [-0.2, -0.15) is 0 Å². The number of nitrogens with one attached hydrogen (secondary N) is 2. The Kier molecular flexibility index (Phi) is 9.70. The summed E-state index contributed by atoms with van der Waals surface area (Å²) in [6.07, 6.45) is -1.70.